The minimum Gasteiger partial charge on any atom is -0.398 e. The van der Waals surface area contributed by atoms with Gasteiger partial charge in [-0.25, -0.2) is 0 Å². The lowest BCUT2D eigenvalue weighted by Crippen LogP contribution is -2.22. The lowest BCUT2D eigenvalue weighted by atomic mass is 10.1. The Hall–Kier alpha value is -1.09. The van der Waals surface area contributed by atoms with E-state index in [0.717, 1.165) is 41.5 Å². The Balaban J connectivity index is 2.65. The van der Waals surface area contributed by atoms with Gasteiger partial charge in [-0.05, 0) is 50.9 Å². The van der Waals surface area contributed by atoms with E-state index in [1.54, 1.807) is 0 Å². The maximum atomic E-state index is 6.02. The number of pyridine rings is 1. The van der Waals surface area contributed by atoms with Crippen LogP contribution in [0, 0.1) is 19.8 Å². The van der Waals surface area contributed by atoms with Crippen LogP contribution in [0.25, 0.3) is 0 Å². The lowest BCUT2D eigenvalue weighted by molar-refractivity contribution is 0.299. The molecule has 0 aliphatic rings. The minimum atomic E-state index is 0.745. The van der Waals surface area contributed by atoms with Crippen molar-refractivity contribution >= 4 is 5.69 Å². The quantitative estimate of drug-likeness (QED) is 0.853. The second-order valence-corrected chi connectivity index (χ2v) is 5.35. The van der Waals surface area contributed by atoms with Crippen LogP contribution in [0.15, 0.2) is 6.20 Å². The fourth-order valence-electron chi connectivity index (χ4n) is 1.77. The lowest BCUT2D eigenvalue weighted by Gasteiger charge is -2.19. The van der Waals surface area contributed by atoms with Crippen LogP contribution in [0.4, 0.5) is 5.69 Å². The third-order valence-corrected chi connectivity index (χ3v) is 3.18. The second kappa shape index (κ2) is 6.01. The average molecular weight is 235 g/mol. The SMILES string of the molecule is Cc1cnc(CN(C)CCC(C)C)c(C)c1N. The van der Waals surface area contributed by atoms with Crippen molar-refractivity contribution in [3.8, 4) is 0 Å². The van der Waals surface area contributed by atoms with E-state index < -0.39 is 0 Å². The molecular weight excluding hydrogens is 210 g/mol. The molecule has 3 heteroatoms. The molecular formula is C14H25N3. The molecule has 1 aromatic rings. The minimum absolute atomic E-state index is 0.745. The number of hydrogen-bond donors (Lipinski definition) is 1. The maximum Gasteiger partial charge on any atom is 0.0593 e. The molecule has 96 valence electrons. The molecule has 0 amide bonds. The summed E-state index contributed by atoms with van der Waals surface area (Å²) in [6.07, 6.45) is 3.09. The summed E-state index contributed by atoms with van der Waals surface area (Å²) in [4.78, 5) is 6.79. The number of nitrogen functional groups attached to an aromatic ring is 1. The summed E-state index contributed by atoms with van der Waals surface area (Å²) in [5.41, 5.74) is 10.2. The maximum absolute atomic E-state index is 6.02. The molecule has 0 spiro atoms. The molecule has 1 aromatic heterocycles. The summed E-state index contributed by atoms with van der Waals surface area (Å²) in [5, 5.41) is 0. The Morgan fingerprint density at radius 2 is 2.00 bits per heavy atom. The van der Waals surface area contributed by atoms with E-state index >= 15 is 0 Å². The fourth-order valence-corrected chi connectivity index (χ4v) is 1.77. The monoisotopic (exact) mass is 235 g/mol. The summed E-state index contributed by atoms with van der Waals surface area (Å²) in [6, 6.07) is 0. The van der Waals surface area contributed by atoms with Crippen LogP contribution in [-0.4, -0.2) is 23.5 Å². The Bertz CT molecular complexity index is 372. The molecule has 3 nitrogen and oxygen atoms in total. The van der Waals surface area contributed by atoms with Gasteiger partial charge in [0.25, 0.3) is 0 Å². The molecule has 0 aliphatic carbocycles. The van der Waals surface area contributed by atoms with E-state index in [1.807, 2.05) is 13.1 Å². The van der Waals surface area contributed by atoms with E-state index in [1.165, 1.54) is 6.42 Å². The summed E-state index contributed by atoms with van der Waals surface area (Å²) < 4.78 is 0. The zero-order chi connectivity index (χ0) is 13.0. The molecule has 0 saturated heterocycles. The Labute approximate surface area is 105 Å². The number of anilines is 1. The summed E-state index contributed by atoms with van der Waals surface area (Å²) in [7, 11) is 2.14. The van der Waals surface area contributed by atoms with Gasteiger partial charge in [0.15, 0.2) is 0 Å². The van der Waals surface area contributed by atoms with Gasteiger partial charge in [0.2, 0.25) is 0 Å². The molecule has 0 aromatic carbocycles. The predicted molar refractivity (Wildman–Crippen MR) is 73.9 cm³/mol. The van der Waals surface area contributed by atoms with Crippen molar-refractivity contribution in [3.05, 3.63) is 23.0 Å². The first kappa shape index (κ1) is 14.0. The average Bonchev–Trinajstić information content (AvgIpc) is 2.27. The van der Waals surface area contributed by atoms with E-state index in [9.17, 15) is 0 Å². The number of rotatable bonds is 5. The van der Waals surface area contributed by atoms with Crippen LogP contribution in [0.2, 0.25) is 0 Å². The zero-order valence-electron chi connectivity index (χ0n) is 11.7. The Morgan fingerprint density at radius 3 is 2.59 bits per heavy atom. The number of nitrogens with zero attached hydrogens (tertiary/aromatic N) is 2. The van der Waals surface area contributed by atoms with Gasteiger partial charge >= 0.3 is 0 Å². The van der Waals surface area contributed by atoms with Crippen molar-refractivity contribution in [1.82, 2.24) is 9.88 Å². The highest BCUT2D eigenvalue weighted by molar-refractivity contribution is 5.53. The third kappa shape index (κ3) is 4.00. The Morgan fingerprint density at radius 1 is 1.35 bits per heavy atom. The smallest absolute Gasteiger partial charge is 0.0593 e. The van der Waals surface area contributed by atoms with Gasteiger partial charge < -0.3 is 10.6 Å². The molecule has 0 saturated carbocycles. The van der Waals surface area contributed by atoms with Gasteiger partial charge in [0.1, 0.15) is 0 Å². The first-order valence-corrected chi connectivity index (χ1v) is 6.31. The third-order valence-electron chi connectivity index (χ3n) is 3.18. The summed E-state index contributed by atoms with van der Waals surface area (Å²) >= 11 is 0. The van der Waals surface area contributed by atoms with E-state index in [0.29, 0.717) is 0 Å². The largest absolute Gasteiger partial charge is 0.398 e. The fraction of sp³-hybridized carbons (Fsp3) is 0.643. The first-order valence-electron chi connectivity index (χ1n) is 6.31. The van der Waals surface area contributed by atoms with Gasteiger partial charge in [0.05, 0.1) is 5.69 Å². The molecule has 0 bridgehead atoms. The first-order chi connectivity index (χ1) is 7.91. The van der Waals surface area contributed by atoms with Crippen LogP contribution in [0.1, 0.15) is 37.1 Å². The number of nitrogens with two attached hydrogens (primary N) is 1. The highest BCUT2D eigenvalue weighted by atomic mass is 15.1. The molecule has 0 unspecified atom stereocenters. The normalized spacial score (nSPS) is 11.5. The van der Waals surface area contributed by atoms with Crippen molar-refractivity contribution in [2.24, 2.45) is 5.92 Å². The van der Waals surface area contributed by atoms with Gasteiger partial charge in [-0.15, -0.1) is 0 Å². The summed E-state index contributed by atoms with van der Waals surface area (Å²) in [6.45, 7) is 10.5. The van der Waals surface area contributed by atoms with Crippen molar-refractivity contribution in [3.63, 3.8) is 0 Å². The standard InChI is InChI=1S/C14H25N3/c1-10(2)6-7-17(5)9-13-12(4)14(15)11(3)8-16-13/h8,10H,6-7,9H2,1-5H3,(H2,15,16). The molecule has 2 N–H and O–H groups in total. The highest BCUT2D eigenvalue weighted by Crippen LogP contribution is 2.19. The van der Waals surface area contributed by atoms with Crippen LogP contribution in [0.5, 0.6) is 0 Å². The number of aromatic nitrogens is 1. The molecule has 0 radical (unpaired) electrons. The van der Waals surface area contributed by atoms with Gasteiger partial charge in [-0.2, -0.15) is 0 Å². The van der Waals surface area contributed by atoms with Gasteiger partial charge in [-0.3, -0.25) is 4.98 Å². The number of aryl methyl sites for hydroxylation is 1. The van der Waals surface area contributed by atoms with Crippen molar-refractivity contribution in [2.45, 2.75) is 40.7 Å². The molecule has 0 fully saturated rings. The summed E-state index contributed by atoms with van der Waals surface area (Å²) in [5.74, 6) is 0.745. The predicted octanol–water partition coefficient (Wildman–Crippen LogP) is 2.76. The van der Waals surface area contributed by atoms with E-state index in [4.69, 9.17) is 5.73 Å². The van der Waals surface area contributed by atoms with E-state index in [-0.39, 0.29) is 0 Å². The molecule has 17 heavy (non-hydrogen) atoms. The van der Waals surface area contributed by atoms with Crippen LogP contribution < -0.4 is 5.73 Å². The molecule has 0 aliphatic heterocycles. The Kier molecular flexibility index (Phi) is 4.94. The van der Waals surface area contributed by atoms with Crippen molar-refractivity contribution < 1.29 is 0 Å². The molecule has 1 rings (SSSR count). The van der Waals surface area contributed by atoms with E-state index in [2.05, 4.69) is 37.7 Å². The zero-order valence-corrected chi connectivity index (χ0v) is 11.7. The van der Waals surface area contributed by atoms with Crippen LogP contribution >= 0.6 is 0 Å². The van der Waals surface area contributed by atoms with Gasteiger partial charge in [0, 0.05) is 18.4 Å². The molecule has 0 atom stereocenters. The van der Waals surface area contributed by atoms with Crippen LogP contribution in [-0.2, 0) is 6.54 Å². The molecule has 1 heterocycles. The van der Waals surface area contributed by atoms with Crippen LogP contribution in [0.3, 0.4) is 0 Å². The van der Waals surface area contributed by atoms with Crippen molar-refractivity contribution in [1.29, 1.82) is 0 Å². The second-order valence-electron chi connectivity index (χ2n) is 5.35. The topological polar surface area (TPSA) is 42.2 Å². The van der Waals surface area contributed by atoms with Crippen molar-refractivity contribution in [2.75, 3.05) is 19.3 Å². The van der Waals surface area contributed by atoms with Gasteiger partial charge in [-0.1, -0.05) is 13.8 Å². The highest BCUT2D eigenvalue weighted by Gasteiger charge is 2.09. The number of hydrogen-bond acceptors (Lipinski definition) is 3.